The zero-order valence-electron chi connectivity index (χ0n) is 21.9. The number of carbonyl (C=O) groups is 2. The maximum absolute atomic E-state index is 14.7. The van der Waals surface area contributed by atoms with E-state index in [1.54, 1.807) is 49.4 Å². The van der Waals surface area contributed by atoms with Crippen LogP contribution in [0.15, 0.2) is 78.9 Å². The Balaban J connectivity index is 2.06. The van der Waals surface area contributed by atoms with Crippen LogP contribution in [0.25, 0.3) is 0 Å². The first-order chi connectivity index (χ1) is 18.1. The molecule has 3 aromatic rings. The molecule has 1 N–H and O–H groups in total. The summed E-state index contributed by atoms with van der Waals surface area (Å²) < 4.78 is 41.4. The highest BCUT2D eigenvalue weighted by Crippen LogP contribution is 2.23. The lowest BCUT2D eigenvalue weighted by molar-refractivity contribution is -0.140. The topological polar surface area (TPSA) is 86.8 Å². The fraction of sp³-hybridized carbons (Fsp3) is 0.310. The van der Waals surface area contributed by atoms with Gasteiger partial charge in [-0.25, -0.2) is 12.8 Å². The van der Waals surface area contributed by atoms with Gasteiger partial charge in [0, 0.05) is 25.1 Å². The number of hydrogen-bond donors (Lipinski definition) is 1. The second-order valence-corrected chi connectivity index (χ2v) is 11.1. The average molecular weight is 540 g/mol. The summed E-state index contributed by atoms with van der Waals surface area (Å²) in [6.45, 7) is 3.34. The lowest BCUT2D eigenvalue weighted by atomic mass is 10.0. The Morgan fingerprint density at radius 3 is 2.21 bits per heavy atom. The molecule has 0 bridgehead atoms. The molecule has 1 atom stereocenters. The minimum absolute atomic E-state index is 0.180. The van der Waals surface area contributed by atoms with Crippen molar-refractivity contribution in [2.75, 3.05) is 23.7 Å². The lowest BCUT2D eigenvalue weighted by Crippen LogP contribution is -2.53. The summed E-state index contributed by atoms with van der Waals surface area (Å²) in [6, 6.07) is 21.1. The van der Waals surface area contributed by atoms with Gasteiger partial charge in [-0.15, -0.1) is 0 Å². The van der Waals surface area contributed by atoms with Gasteiger partial charge in [0.15, 0.2) is 0 Å². The summed E-state index contributed by atoms with van der Waals surface area (Å²) in [6.07, 6.45) is 1.91. The fourth-order valence-corrected chi connectivity index (χ4v) is 5.08. The van der Waals surface area contributed by atoms with Crippen LogP contribution in [-0.4, -0.2) is 50.5 Å². The number of nitrogens with zero attached hydrogens (tertiary/aromatic N) is 2. The van der Waals surface area contributed by atoms with Gasteiger partial charge in [0.05, 0.1) is 11.9 Å². The van der Waals surface area contributed by atoms with Gasteiger partial charge in [-0.3, -0.25) is 13.9 Å². The van der Waals surface area contributed by atoms with Crippen molar-refractivity contribution in [1.82, 2.24) is 10.2 Å². The van der Waals surface area contributed by atoms with Crippen molar-refractivity contribution in [3.8, 4) is 0 Å². The summed E-state index contributed by atoms with van der Waals surface area (Å²) in [5.41, 5.74) is 2.08. The molecule has 3 rings (SSSR count). The molecule has 0 unspecified atom stereocenters. The zero-order valence-corrected chi connectivity index (χ0v) is 22.7. The highest BCUT2D eigenvalue weighted by molar-refractivity contribution is 7.92. The molecule has 0 saturated heterocycles. The van der Waals surface area contributed by atoms with E-state index in [9.17, 15) is 22.4 Å². The van der Waals surface area contributed by atoms with E-state index >= 15 is 0 Å². The third-order valence-electron chi connectivity index (χ3n) is 6.18. The molecular weight excluding hydrogens is 505 g/mol. The second-order valence-electron chi connectivity index (χ2n) is 9.17. The second kappa shape index (κ2) is 13.2. The summed E-state index contributed by atoms with van der Waals surface area (Å²) in [5.74, 6) is -1.52. The van der Waals surface area contributed by atoms with Crippen LogP contribution in [0.2, 0.25) is 0 Å². The Bertz CT molecular complexity index is 1350. The number of halogens is 1. The maximum atomic E-state index is 14.7. The Hall–Kier alpha value is -3.72. The fourth-order valence-electron chi connectivity index (χ4n) is 4.17. The van der Waals surface area contributed by atoms with E-state index < -0.39 is 34.3 Å². The van der Waals surface area contributed by atoms with E-state index in [1.165, 1.54) is 11.0 Å². The van der Waals surface area contributed by atoms with Gasteiger partial charge in [-0.1, -0.05) is 73.7 Å². The first kappa shape index (κ1) is 28.8. The van der Waals surface area contributed by atoms with Crippen LogP contribution in [0.3, 0.4) is 0 Å². The Labute approximate surface area is 224 Å². The minimum atomic E-state index is -3.86. The van der Waals surface area contributed by atoms with Crippen molar-refractivity contribution in [3.63, 3.8) is 0 Å². The smallest absolute Gasteiger partial charge is 0.244 e. The number of sulfonamides is 1. The first-order valence-corrected chi connectivity index (χ1v) is 14.3. The normalized spacial score (nSPS) is 12.0. The highest BCUT2D eigenvalue weighted by Gasteiger charge is 2.33. The van der Waals surface area contributed by atoms with Gasteiger partial charge in [0.1, 0.15) is 18.4 Å². The van der Waals surface area contributed by atoms with Crippen LogP contribution < -0.4 is 9.62 Å². The largest absolute Gasteiger partial charge is 0.354 e. The minimum Gasteiger partial charge on any atom is -0.354 e. The number of aryl methyl sites for hydroxylation is 1. The SMILES string of the molecule is CCCNC(=O)[C@@H](Cc1ccccc1)N(Cc1ccccc1F)C(=O)CN(c1ccccc1C)S(C)(=O)=O. The quantitative estimate of drug-likeness (QED) is 0.376. The van der Waals surface area contributed by atoms with E-state index in [-0.39, 0.29) is 24.4 Å². The molecule has 0 aliphatic heterocycles. The van der Waals surface area contributed by atoms with Crippen LogP contribution >= 0.6 is 0 Å². The maximum Gasteiger partial charge on any atom is 0.244 e. The lowest BCUT2D eigenvalue weighted by Gasteiger charge is -2.33. The van der Waals surface area contributed by atoms with E-state index in [0.717, 1.165) is 16.1 Å². The molecule has 0 spiro atoms. The molecule has 0 radical (unpaired) electrons. The standard InChI is InChI=1S/C29H34FN3O4S/c1-4-18-31-29(35)27(19-23-13-6-5-7-14-23)32(20-24-15-9-10-16-25(24)30)28(34)21-33(38(3,36)37)26-17-11-8-12-22(26)2/h5-17,27H,4,18-21H2,1-3H3,(H,31,35)/t27-/m1/s1. The molecule has 0 saturated carbocycles. The number of benzene rings is 3. The number of anilines is 1. The van der Waals surface area contributed by atoms with Crippen LogP contribution in [0.4, 0.5) is 10.1 Å². The van der Waals surface area contributed by atoms with Gasteiger partial charge in [0.25, 0.3) is 0 Å². The number of hydrogen-bond acceptors (Lipinski definition) is 4. The molecule has 0 fully saturated rings. The van der Waals surface area contributed by atoms with Crippen molar-refractivity contribution in [1.29, 1.82) is 0 Å². The van der Waals surface area contributed by atoms with Crippen molar-refractivity contribution in [2.45, 2.75) is 39.3 Å². The van der Waals surface area contributed by atoms with Crippen LogP contribution in [0, 0.1) is 12.7 Å². The molecule has 0 aromatic heterocycles. The summed E-state index contributed by atoms with van der Waals surface area (Å²) in [5, 5.41) is 2.85. The van der Waals surface area contributed by atoms with E-state index in [0.29, 0.717) is 24.2 Å². The van der Waals surface area contributed by atoms with Gasteiger partial charge in [-0.2, -0.15) is 0 Å². The van der Waals surface area contributed by atoms with Gasteiger partial charge in [0.2, 0.25) is 21.8 Å². The van der Waals surface area contributed by atoms with Crippen molar-refractivity contribution in [2.24, 2.45) is 0 Å². The Morgan fingerprint density at radius 2 is 1.58 bits per heavy atom. The number of rotatable bonds is 12. The highest BCUT2D eigenvalue weighted by atomic mass is 32.2. The van der Waals surface area contributed by atoms with Gasteiger partial charge >= 0.3 is 0 Å². The zero-order chi connectivity index (χ0) is 27.7. The van der Waals surface area contributed by atoms with Crippen LogP contribution in [-0.2, 0) is 32.6 Å². The monoisotopic (exact) mass is 539 g/mol. The molecule has 9 heteroatoms. The molecular formula is C29H34FN3O4S. The molecule has 7 nitrogen and oxygen atoms in total. The van der Waals surface area contributed by atoms with Crippen molar-refractivity contribution < 1.29 is 22.4 Å². The molecule has 3 aromatic carbocycles. The Morgan fingerprint density at radius 1 is 0.947 bits per heavy atom. The van der Waals surface area contributed by atoms with Crippen LogP contribution in [0.5, 0.6) is 0 Å². The number of carbonyl (C=O) groups excluding carboxylic acids is 2. The summed E-state index contributed by atoms with van der Waals surface area (Å²) in [7, 11) is -3.86. The summed E-state index contributed by atoms with van der Waals surface area (Å²) >= 11 is 0. The van der Waals surface area contributed by atoms with Crippen molar-refractivity contribution in [3.05, 3.63) is 101 Å². The molecule has 0 aliphatic rings. The third kappa shape index (κ3) is 7.64. The predicted molar refractivity (Wildman–Crippen MR) is 148 cm³/mol. The third-order valence-corrected chi connectivity index (χ3v) is 7.31. The number of nitrogens with one attached hydrogen (secondary N) is 1. The van der Waals surface area contributed by atoms with E-state index in [2.05, 4.69) is 5.32 Å². The molecule has 0 heterocycles. The average Bonchev–Trinajstić information content (AvgIpc) is 2.89. The number of para-hydroxylation sites is 1. The van der Waals surface area contributed by atoms with Crippen LogP contribution in [0.1, 0.15) is 30.0 Å². The van der Waals surface area contributed by atoms with E-state index in [4.69, 9.17) is 0 Å². The Kier molecular flexibility index (Phi) is 10.0. The molecule has 202 valence electrons. The van der Waals surface area contributed by atoms with Gasteiger partial charge in [-0.05, 0) is 36.6 Å². The molecule has 38 heavy (non-hydrogen) atoms. The summed E-state index contributed by atoms with van der Waals surface area (Å²) in [4.78, 5) is 28.6. The number of amides is 2. The predicted octanol–water partition coefficient (Wildman–Crippen LogP) is 4.07. The molecule has 2 amide bonds. The van der Waals surface area contributed by atoms with Gasteiger partial charge < -0.3 is 10.2 Å². The van der Waals surface area contributed by atoms with E-state index in [1.807, 2.05) is 37.3 Å². The first-order valence-electron chi connectivity index (χ1n) is 12.5. The van der Waals surface area contributed by atoms with Crippen molar-refractivity contribution >= 4 is 27.5 Å². The molecule has 0 aliphatic carbocycles.